The predicted octanol–water partition coefficient (Wildman–Crippen LogP) is 2.70. The number of pyridine rings is 1. The Morgan fingerprint density at radius 1 is 1.12 bits per heavy atom. The Morgan fingerprint density at radius 3 is 2.52 bits per heavy atom. The van der Waals surface area contributed by atoms with Crippen molar-refractivity contribution in [1.29, 1.82) is 0 Å². The molecule has 180 valence electrons. The Bertz CT molecular complexity index is 895. The van der Waals surface area contributed by atoms with Crippen molar-refractivity contribution in [3.05, 3.63) is 54.2 Å². The zero-order valence-electron chi connectivity index (χ0n) is 18.4. The fraction of sp³-hybridized carbons (Fsp3) is 0.409. The molecule has 2 N–H and O–H groups in total. The lowest BCUT2D eigenvalue weighted by atomic mass is 10.2. The highest BCUT2D eigenvalue weighted by atomic mass is 127. The number of aromatic nitrogens is 1. The predicted molar refractivity (Wildman–Crippen MR) is 134 cm³/mol. The summed E-state index contributed by atoms with van der Waals surface area (Å²) >= 11 is 0. The number of amides is 1. The van der Waals surface area contributed by atoms with E-state index in [2.05, 4.69) is 30.2 Å². The zero-order chi connectivity index (χ0) is 22.8. The third-order valence-electron chi connectivity index (χ3n) is 5.10. The number of carbonyl (C=O) groups is 1. The zero-order valence-corrected chi connectivity index (χ0v) is 20.7. The van der Waals surface area contributed by atoms with E-state index in [4.69, 9.17) is 0 Å². The van der Waals surface area contributed by atoms with Crippen molar-refractivity contribution in [2.75, 3.05) is 44.7 Å². The van der Waals surface area contributed by atoms with Gasteiger partial charge in [0.25, 0.3) is 0 Å². The van der Waals surface area contributed by atoms with Gasteiger partial charge in [0.1, 0.15) is 11.6 Å². The second kappa shape index (κ2) is 13.8. The van der Waals surface area contributed by atoms with Gasteiger partial charge in [-0.05, 0) is 18.2 Å². The molecule has 2 heterocycles. The number of anilines is 1. The molecule has 0 bridgehead atoms. The Morgan fingerprint density at radius 2 is 1.85 bits per heavy atom. The van der Waals surface area contributed by atoms with Crippen LogP contribution in [0.2, 0.25) is 0 Å². The minimum atomic E-state index is -2.88. The molecule has 1 aromatic carbocycles. The Hall–Kier alpha value is -2.70. The number of nitrogens with one attached hydrogen (secondary N) is 2. The number of para-hydroxylation sites is 1. The van der Waals surface area contributed by atoms with Crippen molar-refractivity contribution in [2.24, 2.45) is 4.99 Å². The van der Waals surface area contributed by atoms with Crippen LogP contribution in [0, 0.1) is 0 Å². The number of aliphatic imine (C=N–C) groups is 1. The molecule has 0 spiro atoms. The van der Waals surface area contributed by atoms with Crippen LogP contribution in [0.1, 0.15) is 12.0 Å². The molecular weight excluding hydrogens is 545 g/mol. The van der Waals surface area contributed by atoms with Gasteiger partial charge in [0, 0.05) is 64.5 Å². The molecule has 3 rings (SSSR count). The smallest absolute Gasteiger partial charge is 0.387 e. The Kier molecular flexibility index (Phi) is 11.1. The van der Waals surface area contributed by atoms with Crippen LogP contribution in [0.15, 0.2) is 53.7 Å². The molecule has 1 saturated heterocycles. The minimum absolute atomic E-state index is 0. The maximum Gasteiger partial charge on any atom is 0.387 e. The van der Waals surface area contributed by atoms with Gasteiger partial charge in [-0.1, -0.05) is 24.3 Å². The van der Waals surface area contributed by atoms with E-state index in [-0.39, 0.29) is 42.2 Å². The summed E-state index contributed by atoms with van der Waals surface area (Å²) in [5, 5.41) is 6.14. The maximum absolute atomic E-state index is 12.5. The molecule has 0 radical (unpaired) electrons. The average Bonchev–Trinajstić information content (AvgIpc) is 2.82. The standard InChI is InChI=1S/C22H28F2N6O2.HI/c1-25-22(28-16-17-6-2-3-7-18(17)32-21(23)24)27-11-9-20(31)30-14-12-29(13-15-30)19-8-4-5-10-26-19;/h2-8,10,21H,9,11-16H2,1H3,(H2,25,27,28);1H. The van der Waals surface area contributed by atoms with Gasteiger partial charge in [-0.25, -0.2) is 4.98 Å². The number of nitrogens with zero attached hydrogens (tertiary/aromatic N) is 4. The highest BCUT2D eigenvalue weighted by molar-refractivity contribution is 14.0. The first-order valence-corrected chi connectivity index (χ1v) is 10.5. The number of benzene rings is 1. The van der Waals surface area contributed by atoms with E-state index in [0.29, 0.717) is 37.6 Å². The molecule has 11 heteroatoms. The molecule has 0 saturated carbocycles. The van der Waals surface area contributed by atoms with Crippen LogP contribution in [0.3, 0.4) is 0 Å². The minimum Gasteiger partial charge on any atom is -0.434 e. The van der Waals surface area contributed by atoms with E-state index >= 15 is 0 Å². The number of alkyl halides is 2. The monoisotopic (exact) mass is 574 g/mol. The van der Waals surface area contributed by atoms with E-state index in [1.165, 1.54) is 6.07 Å². The van der Waals surface area contributed by atoms with Crippen LogP contribution in [-0.2, 0) is 11.3 Å². The number of hydrogen-bond donors (Lipinski definition) is 2. The van der Waals surface area contributed by atoms with Crippen LogP contribution in [0.25, 0.3) is 0 Å². The van der Waals surface area contributed by atoms with Crippen molar-refractivity contribution in [2.45, 2.75) is 19.6 Å². The van der Waals surface area contributed by atoms with Crippen LogP contribution >= 0.6 is 24.0 Å². The molecule has 1 aromatic heterocycles. The fourth-order valence-electron chi connectivity index (χ4n) is 3.43. The number of piperazine rings is 1. The molecule has 1 fully saturated rings. The first kappa shape index (κ1) is 26.6. The molecule has 8 nitrogen and oxygen atoms in total. The second-order valence-corrected chi connectivity index (χ2v) is 7.14. The van der Waals surface area contributed by atoms with Gasteiger partial charge in [0.05, 0.1) is 0 Å². The molecule has 2 aromatic rings. The highest BCUT2D eigenvalue weighted by Gasteiger charge is 2.21. The normalized spacial score (nSPS) is 14.0. The largest absolute Gasteiger partial charge is 0.434 e. The van der Waals surface area contributed by atoms with E-state index in [9.17, 15) is 13.6 Å². The van der Waals surface area contributed by atoms with Crippen molar-refractivity contribution in [1.82, 2.24) is 20.5 Å². The Balaban J connectivity index is 0.00000385. The molecule has 0 atom stereocenters. The van der Waals surface area contributed by atoms with Gasteiger partial charge in [0.15, 0.2) is 5.96 Å². The summed E-state index contributed by atoms with van der Waals surface area (Å²) in [6, 6.07) is 12.4. The summed E-state index contributed by atoms with van der Waals surface area (Å²) in [5.74, 6) is 1.59. The van der Waals surface area contributed by atoms with Crippen LogP contribution in [0.5, 0.6) is 5.75 Å². The first-order chi connectivity index (χ1) is 15.6. The molecule has 1 amide bonds. The SMILES string of the molecule is CN=C(NCCC(=O)N1CCN(c2ccccn2)CC1)NCc1ccccc1OC(F)F.I. The number of ether oxygens (including phenoxy) is 1. The number of guanidine groups is 1. The molecule has 33 heavy (non-hydrogen) atoms. The van der Waals surface area contributed by atoms with E-state index < -0.39 is 6.61 Å². The Labute approximate surface area is 209 Å². The summed E-state index contributed by atoms with van der Waals surface area (Å²) in [5.41, 5.74) is 0.581. The maximum atomic E-state index is 12.5. The fourth-order valence-corrected chi connectivity index (χ4v) is 3.43. The van der Waals surface area contributed by atoms with Crippen molar-refractivity contribution in [3.8, 4) is 5.75 Å². The average molecular weight is 574 g/mol. The van der Waals surface area contributed by atoms with Crippen LogP contribution < -0.4 is 20.3 Å². The topological polar surface area (TPSA) is 82.1 Å². The first-order valence-electron chi connectivity index (χ1n) is 10.5. The van der Waals surface area contributed by atoms with Crippen LogP contribution in [0.4, 0.5) is 14.6 Å². The number of halogens is 3. The molecular formula is C22H29F2IN6O2. The van der Waals surface area contributed by atoms with Gasteiger partial charge in [0.2, 0.25) is 5.91 Å². The molecule has 1 aliphatic rings. The molecule has 0 unspecified atom stereocenters. The summed E-state index contributed by atoms with van der Waals surface area (Å²) < 4.78 is 29.6. The quantitative estimate of drug-likeness (QED) is 0.287. The van der Waals surface area contributed by atoms with Gasteiger partial charge in [-0.3, -0.25) is 9.79 Å². The van der Waals surface area contributed by atoms with Crippen LogP contribution in [-0.4, -0.2) is 68.1 Å². The van der Waals surface area contributed by atoms with Gasteiger partial charge >= 0.3 is 6.61 Å². The third kappa shape index (κ3) is 8.30. The number of carbonyl (C=O) groups excluding carboxylic acids is 1. The highest BCUT2D eigenvalue weighted by Crippen LogP contribution is 2.20. The van der Waals surface area contributed by atoms with Crippen molar-refractivity contribution >= 4 is 41.7 Å². The van der Waals surface area contributed by atoms with E-state index in [1.54, 1.807) is 31.4 Å². The molecule has 0 aliphatic carbocycles. The lowest BCUT2D eigenvalue weighted by Gasteiger charge is -2.35. The number of rotatable bonds is 8. The van der Waals surface area contributed by atoms with E-state index in [0.717, 1.165) is 18.9 Å². The van der Waals surface area contributed by atoms with Gasteiger partial charge in [-0.15, -0.1) is 24.0 Å². The van der Waals surface area contributed by atoms with E-state index in [1.807, 2.05) is 23.1 Å². The summed E-state index contributed by atoms with van der Waals surface area (Å²) in [7, 11) is 1.61. The van der Waals surface area contributed by atoms with Crippen molar-refractivity contribution < 1.29 is 18.3 Å². The number of hydrogen-bond acceptors (Lipinski definition) is 5. The second-order valence-electron chi connectivity index (χ2n) is 7.14. The summed E-state index contributed by atoms with van der Waals surface area (Å²) in [6.07, 6.45) is 2.10. The lowest BCUT2D eigenvalue weighted by molar-refractivity contribution is -0.131. The summed E-state index contributed by atoms with van der Waals surface area (Å²) in [6.45, 7) is 0.594. The molecule has 1 aliphatic heterocycles. The van der Waals surface area contributed by atoms with Gasteiger partial charge in [-0.2, -0.15) is 8.78 Å². The van der Waals surface area contributed by atoms with Crippen molar-refractivity contribution in [3.63, 3.8) is 0 Å². The third-order valence-corrected chi connectivity index (χ3v) is 5.10. The summed E-state index contributed by atoms with van der Waals surface area (Å²) in [4.78, 5) is 25.0. The lowest BCUT2D eigenvalue weighted by Crippen LogP contribution is -2.49. The van der Waals surface area contributed by atoms with Gasteiger partial charge < -0.3 is 25.2 Å².